The van der Waals surface area contributed by atoms with Gasteiger partial charge in [0.25, 0.3) is 5.91 Å². The molecule has 3 heterocycles. The van der Waals surface area contributed by atoms with Crippen LogP contribution in [-0.4, -0.2) is 58.5 Å². The first-order chi connectivity index (χ1) is 21.3. The summed E-state index contributed by atoms with van der Waals surface area (Å²) in [5.41, 5.74) is 5.70. The molecule has 9 nitrogen and oxygen atoms in total. The zero-order valence-electron chi connectivity index (χ0n) is 27.6. The second-order valence-corrected chi connectivity index (χ2v) is 12.9. The summed E-state index contributed by atoms with van der Waals surface area (Å²) in [5, 5.41) is 5.98. The van der Waals surface area contributed by atoms with Gasteiger partial charge in [-0.15, -0.1) is 0 Å². The van der Waals surface area contributed by atoms with E-state index in [1.54, 1.807) is 20.0 Å². The van der Waals surface area contributed by atoms with Gasteiger partial charge >= 0.3 is 5.97 Å². The molecule has 3 aliphatic rings. The lowest BCUT2D eigenvalue weighted by Crippen LogP contribution is -2.33. The normalized spacial score (nSPS) is 19.1. The minimum Gasteiger partial charge on any atom is -0.466 e. The molecule has 11 heteroatoms. The molecule has 1 saturated carbocycles. The number of ether oxygens (including phenoxy) is 1. The smallest absolute Gasteiger partial charge is 0.307 e. The maximum absolute atomic E-state index is 14.5. The van der Waals surface area contributed by atoms with Gasteiger partial charge in [0.2, 0.25) is 0 Å². The van der Waals surface area contributed by atoms with E-state index in [0.717, 1.165) is 41.2 Å². The Labute approximate surface area is 273 Å². The number of amides is 1. The molecule has 1 amide bonds. The molecular formula is C35H51F2N5O4. The molecular weight excluding hydrogens is 592 g/mol. The SMILES string of the molecule is CC1(C)C2CN(C(=O)c3cn4c(n3)CNC=C4)CC21.CCOC(=O)CC(NC)c1cc(-c2c(C)cc(C)cc2C)cc(F)c1F.O.[HH].[HH].[HH]. The molecule has 2 aliphatic heterocycles. The number of nitrogens with zero attached hydrogens (tertiary/aromatic N) is 3. The van der Waals surface area contributed by atoms with Crippen molar-refractivity contribution in [1.29, 1.82) is 0 Å². The van der Waals surface area contributed by atoms with Crippen molar-refractivity contribution >= 4 is 18.1 Å². The van der Waals surface area contributed by atoms with Crippen LogP contribution in [0.25, 0.3) is 17.3 Å². The number of benzene rings is 2. The lowest BCUT2D eigenvalue weighted by atomic mass is 9.91. The Bertz CT molecular complexity index is 1630. The molecule has 3 unspecified atom stereocenters. The zero-order valence-corrected chi connectivity index (χ0v) is 27.6. The fourth-order valence-electron chi connectivity index (χ4n) is 6.94. The van der Waals surface area contributed by atoms with E-state index in [1.165, 1.54) is 6.07 Å². The topological polar surface area (TPSA) is 120 Å². The average molecular weight is 644 g/mol. The van der Waals surface area contributed by atoms with Gasteiger partial charge in [-0.05, 0) is 86.4 Å². The summed E-state index contributed by atoms with van der Waals surface area (Å²) in [5.74, 6) is 0.0277. The number of carbonyl (C=O) groups is 2. The van der Waals surface area contributed by atoms with Crippen molar-refractivity contribution in [2.24, 2.45) is 17.3 Å². The van der Waals surface area contributed by atoms with Gasteiger partial charge in [-0.2, -0.15) is 0 Å². The van der Waals surface area contributed by atoms with Crippen LogP contribution in [0.2, 0.25) is 0 Å². The Morgan fingerprint density at radius 1 is 1.13 bits per heavy atom. The van der Waals surface area contributed by atoms with Crippen LogP contribution < -0.4 is 10.6 Å². The molecule has 254 valence electrons. The predicted octanol–water partition coefficient (Wildman–Crippen LogP) is 5.83. The standard InChI is InChI=1S/C21H25F2NO2.C14H18N4O.H2O.3H2/c1-6-26-19(25)11-18(24-5)16-9-15(10-17(22)21(16)23)20-13(3)7-12(2)8-14(20)4;1-14(2)9-6-18(7-10(9)14)13(19)11-8-17-4-3-15-5-12(17)16-11;;;;/h7-10,18,24H,6,11H2,1-5H3;3-4,8-10,15H,5-7H2,1-2H3;1H2;3*1H. The minimum absolute atomic E-state index is 0. The van der Waals surface area contributed by atoms with Gasteiger partial charge in [0.15, 0.2) is 11.6 Å². The third-order valence-corrected chi connectivity index (χ3v) is 9.47. The number of rotatable bonds is 7. The number of halogens is 2. The molecule has 2 fully saturated rings. The van der Waals surface area contributed by atoms with Crippen molar-refractivity contribution in [2.45, 2.75) is 60.5 Å². The Balaban J connectivity index is 0.000000467. The maximum Gasteiger partial charge on any atom is 0.307 e. The molecule has 46 heavy (non-hydrogen) atoms. The van der Waals surface area contributed by atoms with Crippen LogP contribution in [-0.2, 0) is 16.1 Å². The quantitative estimate of drug-likeness (QED) is 0.313. The van der Waals surface area contributed by atoms with Crippen LogP contribution in [0.3, 0.4) is 0 Å². The molecule has 1 saturated heterocycles. The number of aryl methyl sites for hydroxylation is 3. The Hall–Kier alpha value is -4.09. The van der Waals surface area contributed by atoms with Gasteiger partial charge in [-0.3, -0.25) is 9.59 Å². The second-order valence-electron chi connectivity index (χ2n) is 12.9. The minimum atomic E-state index is -0.945. The number of likely N-dealkylation sites (tertiary alicyclic amines) is 1. The summed E-state index contributed by atoms with van der Waals surface area (Å²) >= 11 is 0. The number of nitrogens with one attached hydrogen (secondary N) is 2. The van der Waals surface area contributed by atoms with Gasteiger partial charge in [-0.1, -0.05) is 31.5 Å². The number of piperidine rings is 1. The van der Waals surface area contributed by atoms with E-state index in [2.05, 4.69) is 29.5 Å². The fourth-order valence-corrected chi connectivity index (χ4v) is 6.94. The first-order valence-corrected chi connectivity index (χ1v) is 15.5. The van der Waals surface area contributed by atoms with Gasteiger partial charge in [-0.25, -0.2) is 13.8 Å². The molecule has 0 radical (unpaired) electrons. The molecule has 3 atom stereocenters. The Kier molecular flexibility index (Phi) is 10.4. The molecule has 4 N–H and O–H groups in total. The molecule has 0 spiro atoms. The van der Waals surface area contributed by atoms with E-state index in [1.807, 2.05) is 61.0 Å². The van der Waals surface area contributed by atoms with E-state index < -0.39 is 23.6 Å². The van der Waals surface area contributed by atoms with Gasteiger partial charge in [0.1, 0.15) is 11.5 Å². The highest BCUT2D eigenvalue weighted by Gasteiger charge is 2.62. The second kappa shape index (κ2) is 13.7. The monoisotopic (exact) mass is 643 g/mol. The number of imidazole rings is 1. The highest BCUT2D eigenvalue weighted by molar-refractivity contribution is 5.92. The van der Waals surface area contributed by atoms with Crippen molar-refractivity contribution in [2.75, 3.05) is 26.7 Å². The summed E-state index contributed by atoms with van der Waals surface area (Å²) in [7, 11) is 1.61. The van der Waals surface area contributed by atoms with Crippen molar-refractivity contribution in [3.05, 3.63) is 82.1 Å². The first-order valence-electron chi connectivity index (χ1n) is 15.5. The van der Waals surface area contributed by atoms with E-state index >= 15 is 0 Å². The van der Waals surface area contributed by atoms with Crippen LogP contribution in [0.1, 0.15) is 76.1 Å². The predicted molar refractivity (Wildman–Crippen MR) is 180 cm³/mol. The molecule has 1 aromatic heterocycles. The van der Waals surface area contributed by atoms with Crippen LogP contribution >= 0.6 is 0 Å². The molecule has 3 aromatic rings. The number of fused-ring (bicyclic) bond motifs is 2. The van der Waals surface area contributed by atoms with Crippen molar-refractivity contribution in [1.82, 2.24) is 25.1 Å². The van der Waals surface area contributed by atoms with Crippen molar-refractivity contribution in [3.8, 4) is 11.1 Å². The van der Waals surface area contributed by atoms with Crippen LogP contribution in [0, 0.1) is 49.7 Å². The highest BCUT2D eigenvalue weighted by Crippen LogP contribution is 2.62. The van der Waals surface area contributed by atoms with Crippen molar-refractivity contribution < 1.29 is 32.9 Å². The summed E-state index contributed by atoms with van der Waals surface area (Å²) in [4.78, 5) is 30.6. The van der Waals surface area contributed by atoms with Gasteiger partial charge in [0, 0.05) is 47.6 Å². The Morgan fingerprint density at radius 3 is 2.37 bits per heavy atom. The van der Waals surface area contributed by atoms with E-state index in [0.29, 0.717) is 35.1 Å². The van der Waals surface area contributed by atoms with Crippen LogP contribution in [0.4, 0.5) is 8.78 Å². The van der Waals surface area contributed by atoms with E-state index in [4.69, 9.17) is 4.74 Å². The third-order valence-electron chi connectivity index (χ3n) is 9.47. The summed E-state index contributed by atoms with van der Waals surface area (Å²) in [6.45, 7) is 14.9. The zero-order chi connectivity index (χ0) is 32.6. The highest BCUT2D eigenvalue weighted by atomic mass is 19.2. The molecule has 6 rings (SSSR count). The number of hydrogen-bond donors (Lipinski definition) is 2. The third kappa shape index (κ3) is 6.85. The van der Waals surface area contributed by atoms with Crippen molar-refractivity contribution in [3.63, 3.8) is 0 Å². The van der Waals surface area contributed by atoms with E-state index in [9.17, 15) is 18.4 Å². The lowest BCUT2D eigenvalue weighted by molar-refractivity contribution is -0.143. The first kappa shape index (κ1) is 34.8. The maximum atomic E-state index is 14.5. The van der Waals surface area contributed by atoms with E-state index in [-0.39, 0.29) is 34.3 Å². The molecule has 1 aliphatic carbocycles. The van der Waals surface area contributed by atoms with Gasteiger partial charge in [0.05, 0.1) is 19.6 Å². The summed E-state index contributed by atoms with van der Waals surface area (Å²) < 4.78 is 35.7. The number of esters is 1. The van der Waals surface area contributed by atoms with Crippen LogP contribution in [0.5, 0.6) is 0 Å². The number of hydrogen-bond acceptors (Lipinski definition) is 6. The average Bonchev–Trinajstić information content (AvgIpc) is 3.40. The number of aromatic nitrogens is 2. The number of carbonyl (C=O) groups excluding carboxylic acids is 2. The molecule has 2 aromatic carbocycles. The largest absolute Gasteiger partial charge is 0.466 e. The Morgan fingerprint density at radius 2 is 1.78 bits per heavy atom. The summed E-state index contributed by atoms with van der Waals surface area (Å²) in [6, 6.07) is 6.17. The van der Waals surface area contributed by atoms with Gasteiger partial charge < -0.3 is 30.3 Å². The lowest BCUT2D eigenvalue weighted by Gasteiger charge is -2.21. The van der Waals surface area contributed by atoms with Crippen LogP contribution in [0.15, 0.2) is 36.7 Å². The fraction of sp³-hybridized carbons (Fsp3) is 0.457. The summed E-state index contributed by atoms with van der Waals surface area (Å²) in [6.07, 6.45) is 5.53. The molecule has 0 bridgehead atoms.